The van der Waals surface area contributed by atoms with Gasteiger partial charge in [-0.05, 0) is 43.0 Å². The van der Waals surface area contributed by atoms with E-state index in [4.69, 9.17) is 4.74 Å². The molecule has 0 amide bonds. The third kappa shape index (κ3) is 1.84. The summed E-state index contributed by atoms with van der Waals surface area (Å²) in [6, 6.07) is 5.76. The summed E-state index contributed by atoms with van der Waals surface area (Å²) in [5.41, 5.74) is 1.86. The molecule has 0 aromatic heterocycles. The van der Waals surface area contributed by atoms with E-state index < -0.39 is 0 Å². The molecular weight excluding hydrogens is 200 g/mol. The molecule has 0 atom stereocenters. The minimum absolute atomic E-state index is 0.0837. The molecule has 1 aliphatic carbocycles. The second-order valence-electron chi connectivity index (χ2n) is 4.77. The van der Waals surface area contributed by atoms with Crippen LogP contribution in [0.1, 0.15) is 42.6 Å². The van der Waals surface area contributed by atoms with Gasteiger partial charge in [-0.15, -0.1) is 0 Å². The number of hydrogen-bond acceptors (Lipinski definition) is 2. The zero-order valence-electron chi connectivity index (χ0n) is 10.2. The number of carbonyl (C=O) groups excluding carboxylic acids is 1. The number of hydrogen-bond donors (Lipinski definition) is 0. The smallest absolute Gasteiger partial charge is 0.168 e. The quantitative estimate of drug-likeness (QED) is 0.725. The number of Topliss-reactive ketones (excluding diaryl/α,β-unsaturated/α-hetero) is 1. The Balaban J connectivity index is 2.32. The molecule has 1 fully saturated rings. The molecule has 0 saturated heterocycles. The first-order valence-corrected chi connectivity index (χ1v) is 5.82. The fourth-order valence-corrected chi connectivity index (χ4v) is 1.96. The molecule has 0 unspecified atom stereocenters. The number of methoxy groups -OCH3 is 1. The Morgan fingerprint density at radius 2 is 2.12 bits per heavy atom. The van der Waals surface area contributed by atoms with E-state index in [1.807, 2.05) is 25.1 Å². The summed E-state index contributed by atoms with van der Waals surface area (Å²) in [6.45, 7) is 4.12. The lowest BCUT2D eigenvalue weighted by atomic mass is 9.95. The molecule has 0 spiro atoms. The Bertz CT molecular complexity index is 417. The molecule has 1 aromatic carbocycles. The van der Waals surface area contributed by atoms with Gasteiger partial charge < -0.3 is 4.74 Å². The fraction of sp³-hybridized carbons (Fsp3) is 0.500. The number of aryl methyl sites for hydroxylation is 1. The van der Waals surface area contributed by atoms with Crippen LogP contribution in [0.4, 0.5) is 0 Å². The highest BCUT2D eigenvalue weighted by atomic mass is 16.5. The average molecular weight is 218 g/mol. The summed E-state index contributed by atoms with van der Waals surface area (Å²) in [5, 5.41) is 0. The van der Waals surface area contributed by atoms with Gasteiger partial charge >= 0.3 is 0 Å². The maximum Gasteiger partial charge on any atom is 0.168 e. The van der Waals surface area contributed by atoms with Gasteiger partial charge in [-0.2, -0.15) is 0 Å². The van der Waals surface area contributed by atoms with Crippen LogP contribution in [0.5, 0.6) is 5.75 Å². The Hall–Kier alpha value is -1.31. The molecule has 86 valence electrons. The molecule has 16 heavy (non-hydrogen) atoms. The summed E-state index contributed by atoms with van der Waals surface area (Å²) < 4.78 is 5.26. The molecule has 0 N–H and O–H groups in total. The predicted molar refractivity (Wildman–Crippen MR) is 64.0 cm³/mol. The van der Waals surface area contributed by atoms with Crippen LogP contribution < -0.4 is 4.74 Å². The summed E-state index contributed by atoms with van der Waals surface area (Å²) in [5.74, 6) is 1.16. The standard InChI is InChI=1S/C14H18O2/c1-4-10-9-11(5-6-12(10)16-3)13(15)14(2)7-8-14/h5-6,9H,4,7-8H2,1-3H3. The van der Waals surface area contributed by atoms with Crippen molar-refractivity contribution < 1.29 is 9.53 Å². The number of carbonyl (C=O) groups is 1. The summed E-state index contributed by atoms with van der Waals surface area (Å²) in [6.07, 6.45) is 2.94. The molecule has 0 aliphatic heterocycles. The third-order valence-corrected chi connectivity index (χ3v) is 3.47. The van der Waals surface area contributed by atoms with Crippen molar-refractivity contribution in [1.82, 2.24) is 0 Å². The minimum Gasteiger partial charge on any atom is -0.496 e. The van der Waals surface area contributed by atoms with Crippen LogP contribution in [0.3, 0.4) is 0 Å². The first-order chi connectivity index (χ1) is 7.60. The van der Waals surface area contributed by atoms with Crippen molar-refractivity contribution in [3.8, 4) is 5.75 Å². The van der Waals surface area contributed by atoms with Gasteiger partial charge in [-0.1, -0.05) is 13.8 Å². The number of benzene rings is 1. The van der Waals surface area contributed by atoms with E-state index in [9.17, 15) is 4.79 Å². The molecule has 1 aromatic rings. The summed E-state index contributed by atoms with van der Waals surface area (Å²) in [4.78, 5) is 12.2. The van der Waals surface area contributed by atoms with Crippen molar-refractivity contribution in [3.05, 3.63) is 29.3 Å². The highest BCUT2D eigenvalue weighted by molar-refractivity contribution is 6.02. The lowest BCUT2D eigenvalue weighted by molar-refractivity contribution is 0.0912. The van der Waals surface area contributed by atoms with Crippen molar-refractivity contribution in [2.24, 2.45) is 5.41 Å². The van der Waals surface area contributed by atoms with E-state index >= 15 is 0 Å². The van der Waals surface area contributed by atoms with E-state index in [0.717, 1.165) is 36.1 Å². The van der Waals surface area contributed by atoms with E-state index in [2.05, 4.69) is 6.92 Å². The molecule has 1 saturated carbocycles. The lowest BCUT2D eigenvalue weighted by Gasteiger charge is -2.11. The van der Waals surface area contributed by atoms with Crippen LogP contribution in [0.25, 0.3) is 0 Å². The summed E-state index contributed by atoms with van der Waals surface area (Å²) >= 11 is 0. The van der Waals surface area contributed by atoms with Crippen molar-refractivity contribution in [2.45, 2.75) is 33.1 Å². The van der Waals surface area contributed by atoms with E-state index in [1.54, 1.807) is 7.11 Å². The SMILES string of the molecule is CCc1cc(C(=O)C2(C)CC2)ccc1OC. The Labute approximate surface area is 96.6 Å². The van der Waals surface area contributed by atoms with Gasteiger partial charge in [0.25, 0.3) is 0 Å². The van der Waals surface area contributed by atoms with Gasteiger partial charge in [0.2, 0.25) is 0 Å². The minimum atomic E-state index is -0.0837. The van der Waals surface area contributed by atoms with Crippen molar-refractivity contribution >= 4 is 5.78 Å². The first-order valence-electron chi connectivity index (χ1n) is 5.82. The number of rotatable bonds is 4. The molecule has 1 aliphatic rings. The second-order valence-corrected chi connectivity index (χ2v) is 4.77. The first kappa shape index (κ1) is 11.2. The number of ether oxygens (including phenoxy) is 1. The van der Waals surface area contributed by atoms with Crippen LogP contribution in [-0.2, 0) is 6.42 Å². The molecule has 0 bridgehead atoms. The maximum atomic E-state index is 12.2. The number of ketones is 1. The van der Waals surface area contributed by atoms with Crippen LogP contribution in [0.15, 0.2) is 18.2 Å². The largest absolute Gasteiger partial charge is 0.496 e. The van der Waals surface area contributed by atoms with Crippen LogP contribution in [0, 0.1) is 5.41 Å². The predicted octanol–water partition coefficient (Wildman–Crippen LogP) is 3.24. The molecule has 2 nitrogen and oxygen atoms in total. The molecular formula is C14H18O2. The van der Waals surface area contributed by atoms with E-state index in [0.29, 0.717) is 0 Å². The lowest BCUT2D eigenvalue weighted by Crippen LogP contribution is -2.12. The van der Waals surface area contributed by atoms with Crippen LogP contribution >= 0.6 is 0 Å². The maximum absolute atomic E-state index is 12.2. The topological polar surface area (TPSA) is 26.3 Å². The van der Waals surface area contributed by atoms with Gasteiger partial charge in [0.1, 0.15) is 5.75 Å². The fourth-order valence-electron chi connectivity index (χ4n) is 1.96. The zero-order chi connectivity index (χ0) is 11.8. The van der Waals surface area contributed by atoms with Crippen LogP contribution in [0.2, 0.25) is 0 Å². The normalized spacial score (nSPS) is 16.9. The molecule has 2 heteroatoms. The zero-order valence-corrected chi connectivity index (χ0v) is 10.2. The summed E-state index contributed by atoms with van der Waals surface area (Å²) in [7, 11) is 1.66. The van der Waals surface area contributed by atoms with Gasteiger partial charge in [0.05, 0.1) is 7.11 Å². The van der Waals surface area contributed by atoms with Crippen LogP contribution in [-0.4, -0.2) is 12.9 Å². The molecule has 0 heterocycles. The van der Waals surface area contributed by atoms with Crippen molar-refractivity contribution in [2.75, 3.05) is 7.11 Å². The highest BCUT2D eigenvalue weighted by Gasteiger charge is 2.44. The second kappa shape index (κ2) is 3.93. The Kier molecular flexibility index (Phi) is 2.75. The Morgan fingerprint density at radius 1 is 1.44 bits per heavy atom. The van der Waals surface area contributed by atoms with E-state index in [1.165, 1.54) is 0 Å². The van der Waals surface area contributed by atoms with E-state index in [-0.39, 0.29) is 11.2 Å². The molecule has 2 rings (SSSR count). The third-order valence-electron chi connectivity index (χ3n) is 3.47. The van der Waals surface area contributed by atoms with Gasteiger partial charge in [-0.25, -0.2) is 0 Å². The average Bonchev–Trinajstić information content (AvgIpc) is 3.06. The Morgan fingerprint density at radius 3 is 2.62 bits per heavy atom. The molecule has 0 radical (unpaired) electrons. The highest BCUT2D eigenvalue weighted by Crippen LogP contribution is 2.47. The van der Waals surface area contributed by atoms with Gasteiger partial charge in [0.15, 0.2) is 5.78 Å². The van der Waals surface area contributed by atoms with Crippen molar-refractivity contribution in [3.63, 3.8) is 0 Å². The van der Waals surface area contributed by atoms with Crippen molar-refractivity contribution in [1.29, 1.82) is 0 Å². The monoisotopic (exact) mass is 218 g/mol. The van der Waals surface area contributed by atoms with Gasteiger partial charge in [-0.3, -0.25) is 4.79 Å². The van der Waals surface area contributed by atoms with Gasteiger partial charge in [0, 0.05) is 11.0 Å².